The summed E-state index contributed by atoms with van der Waals surface area (Å²) in [6.45, 7) is 0.564. The maximum absolute atomic E-state index is 11.2. The number of nitro benzene ring substituents is 1. The van der Waals surface area contributed by atoms with Crippen LogP contribution in [0.1, 0.15) is 25.7 Å². The Morgan fingerprint density at radius 1 is 1.32 bits per heavy atom. The molecule has 116 valence electrons. The number of nitro groups is 1. The number of anilines is 1. The lowest BCUT2D eigenvalue weighted by Crippen LogP contribution is -2.35. The molecule has 0 radical (unpaired) electrons. The molecule has 1 aromatic carbocycles. The molecule has 0 amide bonds. The first-order valence-corrected chi connectivity index (χ1v) is 7.68. The number of rotatable bonds is 5. The third-order valence-corrected chi connectivity index (χ3v) is 4.56. The van der Waals surface area contributed by atoms with Crippen molar-refractivity contribution in [3.63, 3.8) is 0 Å². The van der Waals surface area contributed by atoms with Gasteiger partial charge in [-0.3, -0.25) is 15.1 Å². The van der Waals surface area contributed by atoms with Gasteiger partial charge >= 0.3 is 0 Å². The van der Waals surface area contributed by atoms with E-state index in [1.165, 1.54) is 31.7 Å². The van der Waals surface area contributed by atoms with Crippen molar-refractivity contribution in [3.8, 4) is 0 Å². The number of benzene rings is 1. The number of fused-ring (bicyclic) bond motifs is 1. The molecule has 6 heteroatoms. The molecule has 22 heavy (non-hydrogen) atoms. The van der Waals surface area contributed by atoms with Crippen molar-refractivity contribution < 1.29 is 4.92 Å². The van der Waals surface area contributed by atoms with E-state index in [9.17, 15) is 10.1 Å². The van der Waals surface area contributed by atoms with E-state index in [-0.39, 0.29) is 16.7 Å². The molecule has 3 N–H and O–H groups in total. The first-order chi connectivity index (χ1) is 10.7. The highest BCUT2D eigenvalue weighted by atomic mass is 16.6. The van der Waals surface area contributed by atoms with Crippen LogP contribution in [0.3, 0.4) is 0 Å². The van der Waals surface area contributed by atoms with E-state index in [0.29, 0.717) is 17.8 Å². The Bertz CT molecular complexity index is 683. The highest BCUT2D eigenvalue weighted by molar-refractivity contribution is 5.99. The Kier molecular flexibility index (Phi) is 4.20. The quantitative estimate of drug-likeness (QED) is 0.653. The zero-order valence-electron chi connectivity index (χ0n) is 12.4. The average molecular weight is 300 g/mol. The van der Waals surface area contributed by atoms with Gasteiger partial charge in [0.15, 0.2) is 0 Å². The predicted molar refractivity (Wildman–Crippen MR) is 86.8 cm³/mol. The molecule has 0 aliphatic heterocycles. The van der Waals surface area contributed by atoms with E-state index in [2.05, 4.69) is 10.3 Å². The van der Waals surface area contributed by atoms with Gasteiger partial charge < -0.3 is 11.1 Å². The van der Waals surface area contributed by atoms with Gasteiger partial charge in [0, 0.05) is 42.1 Å². The molecule has 0 saturated heterocycles. The number of hydrogen-bond donors (Lipinski definition) is 2. The summed E-state index contributed by atoms with van der Waals surface area (Å²) >= 11 is 0. The Morgan fingerprint density at radius 2 is 2.09 bits per heavy atom. The predicted octanol–water partition coefficient (Wildman–Crippen LogP) is 3.07. The molecule has 6 nitrogen and oxygen atoms in total. The SMILES string of the molecule is NCC(Nc1ccc([N+](=O)[O-])c2cnccc12)C1CCCC1. The van der Waals surface area contributed by atoms with Crippen LogP contribution in [0.25, 0.3) is 10.8 Å². The molecule has 1 aromatic heterocycles. The van der Waals surface area contributed by atoms with Crippen LogP contribution in [0.4, 0.5) is 11.4 Å². The number of aromatic nitrogens is 1. The van der Waals surface area contributed by atoms with Gasteiger partial charge in [-0.1, -0.05) is 12.8 Å². The minimum atomic E-state index is -0.370. The van der Waals surface area contributed by atoms with Crippen LogP contribution in [0.5, 0.6) is 0 Å². The number of nitrogens with two attached hydrogens (primary N) is 1. The van der Waals surface area contributed by atoms with Crippen molar-refractivity contribution in [1.82, 2.24) is 4.98 Å². The van der Waals surface area contributed by atoms with Gasteiger partial charge in [-0.2, -0.15) is 0 Å². The van der Waals surface area contributed by atoms with Gasteiger partial charge in [-0.25, -0.2) is 0 Å². The summed E-state index contributed by atoms with van der Waals surface area (Å²) in [4.78, 5) is 14.8. The molecule has 1 aliphatic carbocycles. The van der Waals surface area contributed by atoms with Crippen molar-refractivity contribution in [2.24, 2.45) is 11.7 Å². The van der Waals surface area contributed by atoms with Gasteiger partial charge in [0.2, 0.25) is 0 Å². The third-order valence-electron chi connectivity index (χ3n) is 4.56. The molecule has 1 fully saturated rings. The van der Waals surface area contributed by atoms with E-state index < -0.39 is 0 Å². The third kappa shape index (κ3) is 2.74. The van der Waals surface area contributed by atoms with Gasteiger partial charge in [0.05, 0.1) is 10.3 Å². The van der Waals surface area contributed by atoms with Crippen molar-refractivity contribution in [1.29, 1.82) is 0 Å². The lowest BCUT2D eigenvalue weighted by Gasteiger charge is -2.25. The van der Waals surface area contributed by atoms with Crippen molar-refractivity contribution in [2.75, 3.05) is 11.9 Å². The first-order valence-electron chi connectivity index (χ1n) is 7.68. The number of nitrogens with one attached hydrogen (secondary N) is 1. The summed E-state index contributed by atoms with van der Waals surface area (Å²) in [6, 6.07) is 5.33. The summed E-state index contributed by atoms with van der Waals surface area (Å²) < 4.78 is 0. The maximum atomic E-state index is 11.2. The molecular formula is C16H20N4O2. The second kappa shape index (κ2) is 6.27. The molecule has 0 bridgehead atoms. The highest BCUT2D eigenvalue weighted by Gasteiger charge is 2.25. The Labute approximate surface area is 128 Å². The lowest BCUT2D eigenvalue weighted by atomic mass is 9.97. The molecule has 1 heterocycles. The molecule has 2 aromatic rings. The second-order valence-corrected chi connectivity index (χ2v) is 5.84. The normalized spacial score (nSPS) is 16.8. The van der Waals surface area contributed by atoms with Gasteiger partial charge in [-0.05, 0) is 30.9 Å². The zero-order chi connectivity index (χ0) is 15.5. The molecule has 0 spiro atoms. The van der Waals surface area contributed by atoms with Crippen LogP contribution in [0.15, 0.2) is 30.6 Å². The van der Waals surface area contributed by atoms with Crippen molar-refractivity contribution in [3.05, 3.63) is 40.7 Å². The van der Waals surface area contributed by atoms with Crippen molar-refractivity contribution in [2.45, 2.75) is 31.7 Å². The number of non-ortho nitro benzene ring substituents is 1. The summed E-state index contributed by atoms with van der Waals surface area (Å²) in [7, 11) is 0. The van der Waals surface area contributed by atoms with Crippen LogP contribution >= 0.6 is 0 Å². The first kappa shape index (κ1) is 14.7. The van der Waals surface area contributed by atoms with Crippen LogP contribution in [-0.2, 0) is 0 Å². The van der Waals surface area contributed by atoms with E-state index >= 15 is 0 Å². The molecule has 1 saturated carbocycles. The molecule has 3 rings (SSSR count). The number of hydrogen-bond acceptors (Lipinski definition) is 5. The molecule has 1 unspecified atom stereocenters. The Hall–Kier alpha value is -2.21. The number of pyridine rings is 1. The largest absolute Gasteiger partial charge is 0.380 e. The molecule has 1 aliphatic rings. The minimum Gasteiger partial charge on any atom is -0.380 e. The van der Waals surface area contributed by atoms with E-state index in [0.717, 1.165) is 11.1 Å². The van der Waals surface area contributed by atoms with Gasteiger partial charge in [0.25, 0.3) is 5.69 Å². The van der Waals surface area contributed by atoms with Gasteiger partial charge in [-0.15, -0.1) is 0 Å². The highest BCUT2D eigenvalue weighted by Crippen LogP contribution is 2.33. The van der Waals surface area contributed by atoms with Crippen LogP contribution in [-0.4, -0.2) is 22.5 Å². The van der Waals surface area contributed by atoms with Crippen LogP contribution in [0, 0.1) is 16.0 Å². The molecular weight excluding hydrogens is 280 g/mol. The summed E-state index contributed by atoms with van der Waals surface area (Å²) in [5.74, 6) is 0.581. The van der Waals surface area contributed by atoms with Gasteiger partial charge in [0.1, 0.15) is 0 Å². The van der Waals surface area contributed by atoms with Crippen molar-refractivity contribution >= 4 is 22.1 Å². The number of nitrogens with zero attached hydrogens (tertiary/aromatic N) is 2. The monoisotopic (exact) mass is 300 g/mol. The fourth-order valence-electron chi connectivity index (χ4n) is 3.39. The summed E-state index contributed by atoms with van der Waals surface area (Å²) in [6.07, 6.45) is 8.11. The second-order valence-electron chi connectivity index (χ2n) is 5.84. The Morgan fingerprint density at radius 3 is 2.77 bits per heavy atom. The molecule has 1 atom stereocenters. The zero-order valence-corrected chi connectivity index (χ0v) is 12.4. The summed E-state index contributed by atoms with van der Waals surface area (Å²) in [5.41, 5.74) is 6.92. The van der Waals surface area contributed by atoms with E-state index in [4.69, 9.17) is 5.73 Å². The Balaban J connectivity index is 1.97. The minimum absolute atomic E-state index is 0.0822. The van der Waals surface area contributed by atoms with Crippen LogP contribution in [0.2, 0.25) is 0 Å². The summed E-state index contributed by atoms with van der Waals surface area (Å²) in [5, 5.41) is 16.0. The van der Waals surface area contributed by atoms with E-state index in [1.807, 2.05) is 6.07 Å². The standard InChI is InChI=1S/C16H20N4O2/c17-9-15(11-3-1-2-4-11)19-14-5-6-16(20(21)22)13-10-18-8-7-12(13)14/h5-8,10-11,15,19H,1-4,9,17H2. The average Bonchev–Trinajstić information content (AvgIpc) is 3.06. The smallest absolute Gasteiger partial charge is 0.278 e. The lowest BCUT2D eigenvalue weighted by molar-refractivity contribution is -0.383. The topological polar surface area (TPSA) is 94.1 Å². The van der Waals surface area contributed by atoms with E-state index in [1.54, 1.807) is 18.5 Å². The van der Waals surface area contributed by atoms with Crippen LogP contribution < -0.4 is 11.1 Å². The fraction of sp³-hybridized carbons (Fsp3) is 0.438. The fourth-order valence-corrected chi connectivity index (χ4v) is 3.39. The maximum Gasteiger partial charge on any atom is 0.278 e.